The van der Waals surface area contributed by atoms with Crippen LogP contribution in [0.4, 0.5) is 10.5 Å². The molecule has 6 rings (SSSR count). The van der Waals surface area contributed by atoms with Gasteiger partial charge in [-0.25, -0.2) is 9.78 Å². The molecule has 1 unspecified atom stereocenters. The third kappa shape index (κ3) is 5.05. The molecule has 196 valence electrons. The number of pyridine rings is 1. The highest BCUT2D eigenvalue weighted by Crippen LogP contribution is 2.33. The molecular weight excluding hydrogens is 466 g/mol. The number of hydrogen-bond donors (Lipinski definition) is 1. The van der Waals surface area contributed by atoms with E-state index in [1.54, 1.807) is 4.90 Å². The van der Waals surface area contributed by atoms with E-state index in [0.29, 0.717) is 38.3 Å². The maximum Gasteiger partial charge on any atom is 0.410 e. The Morgan fingerprint density at radius 1 is 1.08 bits per heavy atom. The summed E-state index contributed by atoms with van der Waals surface area (Å²) in [6.45, 7) is 10.8. The van der Waals surface area contributed by atoms with Gasteiger partial charge in [0.2, 0.25) is 0 Å². The molecule has 3 fully saturated rings. The van der Waals surface area contributed by atoms with Crippen molar-refractivity contribution in [3.8, 4) is 11.3 Å². The van der Waals surface area contributed by atoms with Crippen molar-refractivity contribution in [2.75, 3.05) is 57.4 Å². The molecule has 3 saturated heterocycles. The Kier molecular flexibility index (Phi) is 6.78. The predicted octanol–water partition coefficient (Wildman–Crippen LogP) is 4.48. The van der Waals surface area contributed by atoms with Gasteiger partial charge in [-0.3, -0.25) is 0 Å². The first-order valence-electron chi connectivity index (χ1n) is 13.7. The van der Waals surface area contributed by atoms with Crippen molar-refractivity contribution >= 4 is 22.8 Å². The van der Waals surface area contributed by atoms with Crippen molar-refractivity contribution in [2.45, 2.75) is 44.8 Å². The average Bonchev–Trinajstić information content (AvgIpc) is 3.35. The number of nitrogens with zero attached hydrogens (tertiary/aromatic N) is 4. The summed E-state index contributed by atoms with van der Waals surface area (Å²) in [4.78, 5) is 27.3. The molecule has 1 atom stereocenters. The summed E-state index contributed by atoms with van der Waals surface area (Å²) in [6.07, 6.45) is 4.08. The van der Waals surface area contributed by atoms with Crippen molar-refractivity contribution in [1.29, 1.82) is 0 Å². The van der Waals surface area contributed by atoms with Crippen LogP contribution in [0.15, 0.2) is 42.6 Å². The molecule has 1 aromatic carbocycles. The fraction of sp³-hybridized carbons (Fsp3) is 0.517. The molecule has 0 bridgehead atoms. The van der Waals surface area contributed by atoms with Gasteiger partial charge in [0, 0.05) is 61.7 Å². The van der Waals surface area contributed by atoms with Crippen LogP contribution in [0.3, 0.4) is 0 Å². The van der Waals surface area contributed by atoms with Crippen molar-refractivity contribution in [3.05, 3.63) is 48.2 Å². The highest BCUT2D eigenvalue weighted by molar-refractivity contribution is 5.94. The molecule has 0 radical (unpaired) electrons. The molecule has 2 aromatic heterocycles. The van der Waals surface area contributed by atoms with Crippen molar-refractivity contribution < 1.29 is 14.3 Å². The first-order valence-corrected chi connectivity index (χ1v) is 13.7. The first-order chi connectivity index (χ1) is 18.0. The lowest BCUT2D eigenvalue weighted by Gasteiger charge is -2.37. The molecule has 0 saturated carbocycles. The number of carbonyl (C=O) groups is 1. The third-order valence-corrected chi connectivity index (χ3v) is 8.14. The predicted molar refractivity (Wildman–Crippen MR) is 145 cm³/mol. The standard InChI is InChI=1S/C29H37N5O3/c1-20(2)34-11-3-4-23(17-34)21-5-7-22(8-6-21)26-16-25-27(9-10-30-28(25)31-26)32-12-14-33(15-13-32)29(35)37-24-18-36-19-24/h5-10,16,20,23-24H,3-4,11-15,17-19H2,1-2H3,(H,30,31). The minimum absolute atomic E-state index is 0.0879. The quantitative estimate of drug-likeness (QED) is 0.554. The Morgan fingerprint density at radius 2 is 1.86 bits per heavy atom. The van der Waals surface area contributed by atoms with E-state index in [0.717, 1.165) is 42.0 Å². The summed E-state index contributed by atoms with van der Waals surface area (Å²) in [5, 5.41) is 1.11. The summed E-state index contributed by atoms with van der Waals surface area (Å²) in [6, 6.07) is 14.0. The largest absolute Gasteiger partial charge is 0.441 e. The van der Waals surface area contributed by atoms with Gasteiger partial charge in [0.1, 0.15) is 5.65 Å². The molecule has 1 N–H and O–H groups in total. The zero-order valence-electron chi connectivity index (χ0n) is 21.9. The Balaban J connectivity index is 1.15. The number of carbonyl (C=O) groups excluding carboxylic acids is 1. The van der Waals surface area contributed by atoms with Crippen LogP contribution < -0.4 is 4.90 Å². The summed E-state index contributed by atoms with van der Waals surface area (Å²) in [7, 11) is 0. The monoisotopic (exact) mass is 503 g/mol. The lowest BCUT2D eigenvalue weighted by atomic mass is 9.89. The maximum absolute atomic E-state index is 12.4. The van der Waals surface area contributed by atoms with Gasteiger partial charge >= 0.3 is 6.09 Å². The zero-order valence-corrected chi connectivity index (χ0v) is 21.9. The number of hydrogen-bond acceptors (Lipinski definition) is 6. The van der Waals surface area contributed by atoms with Gasteiger partial charge < -0.3 is 29.2 Å². The van der Waals surface area contributed by atoms with E-state index in [2.05, 4.69) is 70.0 Å². The number of aromatic amines is 1. The number of rotatable bonds is 5. The Labute approximate surface area is 218 Å². The number of ether oxygens (including phenoxy) is 2. The van der Waals surface area contributed by atoms with E-state index in [1.807, 2.05) is 6.20 Å². The fourth-order valence-electron chi connectivity index (χ4n) is 5.76. The molecule has 3 aliphatic rings. The molecule has 8 nitrogen and oxygen atoms in total. The number of fused-ring (bicyclic) bond motifs is 1. The fourth-order valence-corrected chi connectivity index (χ4v) is 5.76. The van der Waals surface area contributed by atoms with E-state index in [4.69, 9.17) is 9.47 Å². The van der Waals surface area contributed by atoms with E-state index in [9.17, 15) is 4.79 Å². The van der Waals surface area contributed by atoms with Crippen LogP contribution in [-0.4, -0.2) is 90.5 Å². The Morgan fingerprint density at radius 3 is 2.57 bits per heavy atom. The van der Waals surface area contributed by atoms with Crippen molar-refractivity contribution in [2.24, 2.45) is 0 Å². The van der Waals surface area contributed by atoms with Crippen LogP contribution >= 0.6 is 0 Å². The number of aromatic nitrogens is 2. The maximum atomic E-state index is 12.4. The van der Waals surface area contributed by atoms with Crippen molar-refractivity contribution in [3.63, 3.8) is 0 Å². The average molecular weight is 504 g/mol. The van der Waals surface area contributed by atoms with Crippen LogP contribution in [0, 0.1) is 0 Å². The van der Waals surface area contributed by atoms with Gasteiger partial charge in [-0.15, -0.1) is 0 Å². The number of piperazine rings is 1. The molecule has 0 spiro atoms. The molecule has 37 heavy (non-hydrogen) atoms. The minimum Gasteiger partial charge on any atom is -0.441 e. The van der Waals surface area contributed by atoms with Crippen molar-refractivity contribution in [1.82, 2.24) is 19.8 Å². The van der Waals surface area contributed by atoms with Crippen LogP contribution in [0.2, 0.25) is 0 Å². The molecule has 5 heterocycles. The lowest BCUT2D eigenvalue weighted by molar-refractivity contribution is -0.104. The van der Waals surface area contributed by atoms with Gasteiger partial charge in [0.05, 0.1) is 13.2 Å². The molecule has 8 heteroatoms. The van der Waals surface area contributed by atoms with Crippen LogP contribution in [0.1, 0.15) is 38.2 Å². The molecule has 0 aliphatic carbocycles. The summed E-state index contributed by atoms with van der Waals surface area (Å²) in [5.41, 5.74) is 5.74. The number of amides is 1. The lowest BCUT2D eigenvalue weighted by Crippen LogP contribution is -2.51. The van der Waals surface area contributed by atoms with E-state index < -0.39 is 0 Å². The zero-order chi connectivity index (χ0) is 25.4. The highest BCUT2D eigenvalue weighted by Gasteiger charge is 2.29. The number of benzene rings is 1. The van der Waals surface area contributed by atoms with E-state index >= 15 is 0 Å². The normalized spacial score (nSPS) is 21.4. The van der Waals surface area contributed by atoms with Gasteiger partial charge in [0.15, 0.2) is 6.10 Å². The number of nitrogens with one attached hydrogen (secondary N) is 1. The smallest absolute Gasteiger partial charge is 0.410 e. The highest BCUT2D eigenvalue weighted by atomic mass is 16.6. The topological polar surface area (TPSA) is 73.9 Å². The second-order valence-electron chi connectivity index (χ2n) is 10.8. The van der Waals surface area contributed by atoms with E-state index in [-0.39, 0.29) is 12.2 Å². The van der Waals surface area contributed by atoms with Gasteiger partial charge in [0.25, 0.3) is 0 Å². The summed E-state index contributed by atoms with van der Waals surface area (Å²) < 4.78 is 10.6. The molecule has 1 amide bonds. The molecule has 3 aliphatic heterocycles. The van der Waals surface area contributed by atoms with E-state index in [1.165, 1.54) is 30.5 Å². The summed E-state index contributed by atoms with van der Waals surface area (Å²) in [5.74, 6) is 0.610. The molecule has 3 aromatic rings. The minimum atomic E-state index is -0.231. The first kappa shape index (κ1) is 24.2. The second kappa shape index (κ2) is 10.3. The second-order valence-corrected chi connectivity index (χ2v) is 10.8. The Bertz CT molecular complexity index is 1230. The van der Waals surface area contributed by atoms with Gasteiger partial charge in [-0.2, -0.15) is 0 Å². The number of H-pyrrole nitrogens is 1. The van der Waals surface area contributed by atoms with Crippen LogP contribution in [0.25, 0.3) is 22.3 Å². The number of likely N-dealkylation sites (tertiary alicyclic amines) is 1. The third-order valence-electron chi connectivity index (χ3n) is 8.14. The summed E-state index contributed by atoms with van der Waals surface area (Å²) >= 11 is 0. The number of piperidine rings is 1. The number of anilines is 1. The van der Waals surface area contributed by atoms with Crippen LogP contribution in [-0.2, 0) is 9.47 Å². The van der Waals surface area contributed by atoms with Gasteiger partial charge in [-0.05, 0) is 62.4 Å². The SMILES string of the molecule is CC(C)N1CCCC(c2ccc(-c3cc4c(N5CCN(C(=O)OC6COC6)CC5)ccnc4[nH]3)cc2)C1. The van der Waals surface area contributed by atoms with Gasteiger partial charge in [-0.1, -0.05) is 24.3 Å². The van der Waals surface area contributed by atoms with Crippen LogP contribution in [0.5, 0.6) is 0 Å². The Hall–Kier alpha value is -3.10. The molecular formula is C29H37N5O3.